The van der Waals surface area contributed by atoms with E-state index in [9.17, 15) is 0 Å². The summed E-state index contributed by atoms with van der Waals surface area (Å²) in [5.41, 5.74) is 8.04. The van der Waals surface area contributed by atoms with E-state index in [0.717, 1.165) is 16.6 Å². The van der Waals surface area contributed by atoms with Gasteiger partial charge < -0.3 is 10.5 Å². The number of amidine groups is 1. The Kier molecular flexibility index (Phi) is 3.19. The van der Waals surface area contributed by atoms with Crippen LogP contribution in [0.3, 0.4) is 0 Å². The summed E-state index contributed by atoms with van der Waals surface area (Å²) in [6, 6.07) is 7.54. The molecule has 0 aliphatic carbocycles. The predicted octanol–water partition coefficient (Wildman–Crippen LogP) is 2.65. The lowest BCUT2D eigenvalue weighted by Gasteiger charge is -2.12. The maximum atomic E-state index is 7.69. The number of nitrogens with zero attached hydrogens (tertiary/aromatic N) is 1. The number of para-hydroxylation sites is 1. The Morgan fingerprint density at radius 1 is 1.39 bits per heavy atom. The highest BCUT2D eigenvalue weighted by atomic mass is 16.5. The Morgan fingerprint density at radius 3 is 2.67 bits per heavy atom. The lowest BCUT2D eigenvalue weighted by molar-refractivity contribution is 0.418. The van der Waals surface area contributed by atoms with Gasteiger partial charge in [0.05, 0.1) is 7.11 Å². The monoisotopic (exact) mass is 243 g/mol. The summed E-state index contributed by atoms with van der Waals surface area (Å²) in [5, 5.41) is 8.54. The maximum Gasteiger partial charge on any atom is 0.145 e. The van der Waals surface area contributed by atoms with Crippen LogP contribution in [0.1, 0.15) is 31.0 Å². The molecule has 0 bridgehead atoms. The molecule has 0 fully saturated rings. The SMILES string of the molecule is COc1cccc2c(C(=N)N)cc(C(C)C)nc12. The van der Waals surface area contributed by atoms with E-state index in [0.29, 0.717) is 11.3 Å². The molecule has 94 valence electrons. The molecule has 0 radical (unpaired) electrons. The number of benzene rings is 1. The van der Waals surface area contributed by atoms with Crippen LogP contribution in [0.2, 0.25) is 0 Å². The van der Waals surface area contributed by atoms with Crippen molar-refractivity contribution in [1.29, 1.82) is 5.41 Å². The van der Waals surface area contributed by atoms with E-state index in [1.807, 2.05) is 24.3 Å². The van der Waals surface area contributed by atoms with Crippen molar-refractivity contribution < 1.29 is 4.74 Å². The first kappa shape index (κ1) is 12.4. The van der Waals surface area contributed by atoms with Crippen LogP contribution in [0.25, 0.3) is 10.9 Å². The third-order valence-corrected chi connectivity index (χ3v) is 2.92. The summed E-state index contributed by atoms with van der Waals surface area (Å²) in [4.78, 5) is 4.61. The second-order valence-electron chi connectivity index (χ2n) is 4.52. The Morgan fingerprint density at radius 2 is 2.11 bits per heavy atom. The fourth-order valence-electron chi connectivity index (χ4n) is 1.93. The minimum atomic E-state index is 0.0533. The number of nitrogens with two attached hydrogens (primary N) is 1. The second-order valence-corrected chi connectivity index (χ2v) is 4.52. The molecule has 4 heteroatoms. The van der Waals surface area contributed by atoms with Gasteiger partial charge in [0.1, 0.15) is 17.1 Å². The minimum Gasteiger partial charge on any atom is -0.494 e. The molecule has 1 aromatic heterocycles. The van der Waals surface area contributed by atoms with Gasteiger partial charge in [-0.15, -0.1) is 0 Å². The Labute approximate surface area is 106 Å². The first-order chi connectivity index (χ1) is 8.54. The van der Waals surface area contributed by atoms with Gasteiger partial charge in [0.2, 0.25) is 0 Å². The molecular weight excluding hydrogens is 226 g/mol. The van der Waals surface area contributed by atoms with Gasteiger partial charge in [0.25, 0.3) is 0 Å². The molecule has 0 spiro atoms. The van der Waals surface area contributed by atoms with E-state index in [2.05, 4.69) is 18.8 Å². The molecule has 0 aliphatic rings. The maximum absolute atomic E-state index is 7.69. The fourth-order valence-corrected chi connectivity index (χ4v) is 1.93. The van der Waals surface area contributed by atoms with Gasteiger partial charge in [-0.3, -0.25) is 5.41 Å². The number of pyridine rings is 1. The number of aromatic nitrogens is 1. The van der Waals surface area contributed by atoms with Gasteiger partial charge in [0, 0.05) is 16.6 Å². The van der Waals surface area contributed by atoms with E-state index in [4.69, 9.17) is 15.9 Å². The Balaban J connectivity index is 2.85. The summed E-state index contributed by atoms with van der Waals surface area (Å²) >= 11 is 0. The number of hydrogen-bond donors (Lipinski definition) is 2. The van der Waals surface area contributed by atoms with Crippen molar-refractivity contribution in [2.75, 3.05) is 7.11 Å². The van der Waals surface area contributed by atoms with Gasteiger partial charge in [0.15, 0.2) is 0 Å². The third kappa shape index (κ3) is 2.01. The standard InChI is InChI=1S/C14H17N3O/c1-8(2)11-7-10(14(15)16)9-5-4-6-12(18-3)13(9)17-11/h4-8H,1-3H3,(H3,15,16). The zero-order valence-corrected chi connectivity index (χ0v) is 10.8. The molecule has 0 saturated heterocycles. The minimum absolute atomic E-state index is 0.0533. The quantitative estimate of drug-likeness (QED) is 0.643. The number of nitrogen functional groups attached to an aromatic ring is 1. The van der Waals surface area contributed by atoms with E-state index in [1.54, 1.807) is 7.11 Å². The van der Waals surface area contributed by atoms with E-state index >= 15 is 0 Å². The number of rotatable bonds is 3. The zero-order valence-electron chi connectivity index (χ0n) is 10.8. The smallest absolute Gasteiger partial charge is 0.145 e. The zero-order chi connectivity index (χ0) is 13.3. The van der Waals surface area contributed by atoms with Crippen molar-refractivity contribution in [2.45, 2.75) is 19.8 Å². The van der Waals surface area contributed by atoms with Crippen molar-refractivity contribution in [1.82, 2.24) is 4.98 Å². The molecular formula is C14H17N3O. The summed E-state index contributed by atoms with van der Waals surface area (Å²) < 4.78 is 5.32. The Hall–Kier alpha value is -2.10. The molecule has 18 heavy (non-hydrogen) atoms. The molecule has 0 unspecified atom stereocenters. The molecule has 0 saturated carbocycles. The van der Waals surface area contributed by atoms with Crippen LogP contribution in [-0.4, -0.2) is 17.9 Å². The molecule has 1 heterocycles. The number of hydrogen-bond acceptors (Lipinski definition) is 3. The number of fused-ring (bicyclic) bond motifs is 1. The van der Waals surface area contributed by atoms with Crippen LogP contribution in [0.15, 0.2) is 24.3 Å². The van der Waals surface area contributed by atoms with Crippen LogP contribution in [0.5, 0.6) is 5.75 Å². The first-order valence-electron chi connectivity index (χ1n) is 5.86. The van der Waals surface area contributed by atoms with Crippen molar-refractivity contribution >= 4 is 16.7 Å². The highest BCUT2D eigenvalue weighted by Gasteiger charge is 2.13. The van der Waals surface area contributed by atoms with Gasteiger partial charge in [-0.25, -0.2) is 4.98 Å². The number of ether oxygens (including phenoxy) is 1. The topological polar surface area (TPSA) is 72.0 Å². The van der Waals surface area contributed by atoms with Crippen LogP contribution < -0.4 is 10.5 Å². The average molecular weight is 243 g/mol. The van der Waals surface area contributed by atoms with Crippen molar-refractivity contribution in [3.05, 3.63) is 35.5 Å². The molecule has 2 aromatic rings. The van der Waals surface area contributed by atoms with Gasteiger partial charge in [-0.1, -0.05) is 26.0 Å². The number of methoxy groups -OCH3 is 1. The van der Waals surface area contributed by atoms with E-state index in [1.165, 1.54) is 0 Å². The largest absolute Gasteiger partial charge is 0.494 e. The van der Waals surface area contributed by atoms with Crippen LogP contribution in [-0.2, 0) is 0 Å². The van der Waals surface area contributed by atoms with Crippen molar-refractivity contribution in [3.8, 4) is 5.75 Å². The molecule has 0 aliphatic heterocycles. The highest BCUT2D eigenvalue weighted by Crippen LogP contribution is 2.28. The second kappa shape index (κ2) is 4.64. The van der Waals surface area contributed by atoms with E-state index < -0.39 is 0 Å². The molecule has 0 atom stereocenters. The summed E-state index contributed by atoms with van der Waals surface area (Å²) in [6.45, 7) is 4.13. The van der Waals surface area contributed by atoms with Crippen LogP contribution in [0, 0.1) is 5.41 Å². The van der Waals surface area contributed by atoms with Crippen molar-refractivity contribution in [2.24, 2.45) is 5.73 Å². The van der Waals surface area contributed by atoms with Gasteiger partial charge >= 0.3 is 0 Å². The van der Waals surface area contributed by atoms with Crippen molar-refractivity contribution in [3.63, 3.8) is 0 Å². The van der Waals surface area contributed by atoms with Gasteiger partial charge in [-0.05, 0) is 18.1 Å². The summed E-state index contributed by atoms with van der Waals surface area (Å²) in [7, 11) is 1.62. The molecule has 4 nitrogen and oxygen atoms in total. The molecule has 2 rings (SSSR count). The third-order valence-electron chi connectivity index (χ3n) is 2.92. The molecule has 1 aromatic carbocycles. The fraction of sp³-hybridized carbons (Fsp3) is 0.286. The van der Waals surface area contributed by atoms with Gasteiger partial charge in [-0.2, -0.15) is 0 Å². The summed E-state index contributed by atoms with van der Waals surface area (Å²) in [6.07, 6.45) is 0. The van der Waals surface area contributed by atoms with E-state index in [-0.39, 0.29) is 11.8 Å². The normalized spacial score (nSPS) is 10.9. The Bertz CT molecular complexity index is 605. The first-order valence-corrected chi connectivity index (χ1v) is 5.86. The predicted molar refractivity (Wildman–Crippen MR) is 73.4 cm³/mol. The van der Waals surface area contributed by atoms with Crippen LogP contribution in [0.4, 0.5) is 0 Å². The lowest BCUT2D eigenvalue weighted by atomic mass is 10.0. The lowest BCUT2D eigenvalue weighted by Crippen LogP contribution is -2.13. The molecule has 3 N–H and O–H groups in total. The summed E-state index contributed by atoms with van der Waals surface area (Å²) in [5.74, 6) is 1.03. The average Bonchev–Trinajstić information content (AvgIpc) is 2.36. The number of nitrogens with one attached hydrogen (secondary N) is 1. The molecule has 0 amide bonds. The van der Waals surface area contributed by atoms with Crippen LogP contribution >= 0.6 is 0 Å². The highest BCUT2D eigenvalue weighted by molar-refractivity contribution is 6.07.